The Kier molecular flexibility index (Phi) is 7.36. The molecule has 0 aliphatic rings. The largest absolute Gasteiger partial charge is 0.483 e. The SMILES string of the molecule is CCC(Sc1nnc(C(C)Oc2ccc(F)cc2)n1-c1ccccc1)C(=O)Nc1nccs1. The summed E-state index contributed by atoms with van der Waals surface area (Å²) in [6.07, 6.45) is 1.78. The van der Waals surface area contributed by atoms with Crippen molar-refractivity contribution in [3.8, 4) is 11.4 Å². The maximum Gasteiger partial charge on any atom is 0.239 e. The van der Waals surface area contributed by atoms with Gasteiger partial charge in [-0.25, -0.2) is 9.37 Å². The Morgan fingerprint density at radius 1 is 1.18 bits per heavy atom. The summed E-state index contributed by atoms with van der Waals surface area (Å²) in [6, 6.07) is 15.5. The van der Waals surface area contributed by atoms with E-state index in [4.69, 9.17) is 4.74 Å². The fraction of sp³-hybridized carbons (Fsp3) is 0.217. The number of rotatable bonds is 9. The minimum Gasteiger partial charge on any atom is -0.483 e. The molecule has 1 amide bonds. The third-order valence-electron chi connectivity index (χ3n) is 4.74. The highest BCUT2D eigenvalue weighted by Crippen LogP contribution is 2.31. The van der Waals surface area contributed by atoms with E-state index >= 15 is 0 Å². The average molecular weight is 484 g/mol. The van der Waals surface area contributed by atoms with Crippen LogP contribution in [0.15, 0.2) is 71.3 Å². The summed E-state index contributed by atoms with van der Waals surface area (Å²) in [4.78, 5) is 16.9. The number of benzene rings is 2. The van der Waals surface area contributed by atoms with Crippen LogP contribution in [0.3, 0.4) is 0 Å². The van der Waals surface area contributed by atoms with Crippen molar-refractivity contribution in [1.82, 2.24) is 19.7 Å². The molecular weight excluding hydrogens is 461 g/mol. The molecule has 0 saturated carbocycles. The molecule has 0 bridgehead atoms. The number of para-hydroxylation sites is 1. The van der Waals surface area contributed by atoms with Gasteiger partial charge in [0.15, 0.2) is 22.2 Å². The molecule has 4 aromatic rings. The summed E-state index contributed by atoms with van der Waals surface area (Å²) in [6.45, 7) is 3.80. The average Bonchev–Trinajstić information content (AvgIpc) is 3.49. The van der Waals surface area contributed by atoms with Crippen LogP contribution in [0.5, 0.6) is 5.75 Å². The number of anilines is 1. The number of hydrogen-bond donors (Lipinski definition) is 1. The predicted octanol–water partition coefficient (Wildman–Crippen LogP) is 5.51. The zero-order valence-corrected chi connectivity index (χ0v) is 19.6. The lowest BCUT2D eigenvalue weighted by molar-refractivity contribution is -0.115. The molecule has 10 heteroatoms. The van der Waals surface area contributed by atoms with Crippen molar-refractivity contribution in [2.75, 3.05) is 5.32 Å². The first-order valence-corrected chi connectivity index (χ1v) is 12.1. The lowest BCUT2D eigenvalue weighted by Crippen LogP contribution is -2.25. The van der Waals surface area contributed by atoms with Crippen molar-refractivity contribution in [2.45, 2.75) is 36.8 Å². The fourth-order valence-corrected chi connectivity index (χ4v) is 4.64. The van der Waals surface area contributed by atoms with Crippen molar-refractivity contribution in [2.24, 2.45) is 0 Å². The maximum atomic E-state index is 13.3. The maximum absolute atomic E-state index is 13.3. The number of nitrogens with zero attached hydrogens (tertiary/aromatic N) is 4. The van der Waals surface area contributed by atoms with Crippen molar-refractivity contribution in [3.63, 3.8) is 0 Å². The van der Waals surface area contributed by atoms with E-state index in [-0.39, 0.29) is 17.0 Å². The number of carbonyl (C=O) groups excluding carboxylic acids is 1. The minimum absolute atomic E-state index is 0.141. The molecule has 2 unspecified atom stereocenters. The first kappa shape index (κ1) is 22.9. The molecule has 0 aliphatic heterocycles. The summed E-state index contributed by atoms with van der Waals surface area (Å²) < 4.78 is 21.1. The second kappa shape index (κ2) is 10.6. The van der Waals surface area contributed by atoms with Crippen LogP contribution in [0, 0.1) is 5.82 Å². The Bertz CT molecular complexity index is 1180. The van der Waals surface area contributed by atoms with Crippen LogP contribution in [0.2, 0.25) is 0 Å². The molecule has 2 heterocycles. The van der Waals surface area contributed by atoms with E-state index in [0.717, 1.165) is 5.69 Å². The Balaban J connectivity index is 1.61. The smallest absolute Gasteiger partial charge is 0.239 e. The van der Waals surface area contributed by atoms with E-state index in [0.29, 0.717) is 28.3 Å². The Labute approximate surface area is 199 Å². The van der Waals surface area contributed by atoms with Crippen molar-refractivity contribution in [3.05, 3.63) is 77.8 Å². The predicted molar refractivity (Wildman–Crippen MR) is 127 cm³/mol. The molecule has 0 spiro atoms. The Morgan fingerprint density at radius 2 is 1.94 bits per heavy atom. The normalized spacial score (nSPS) is 12.8. The standard InChI is InChI=1S/C23H22FN5O2S2/c1-3-19(21(30)26-22-25-13-14-32-22)33-23-28-27-20(29(23)17-7-5-4-6-8-17)15(2)31-18-11-9-16(24)10-12-18/h4-15,19H,3H2,1-2H3,(H,25,26,30). The van der Waals surface area contributed by atoms with E-state index in [1.165, 1.54) is 35.2 Å². The summed E-state index contributed by atoms with van der Waals surface area (Å²) in [5.41, 5.74) is 0.852. The zero-order valence-electron chi connectivity index (χ0n) is 18.0. The molecule has 0 aliphatic carbocycles. The summed E-state index contributed by atoms with van der Waals surface area (Å²) >= 11 is 2.71. The van der Waals surface area contributed by atoms with Gasteiger partial charge in [0, 0.05) is 17.3 Å². The lowest BCUT2D eigenvalue weighted by Gasteiger charge is -2.18. The second-order valence-electron chi connectivity index (χ2n) is 7.07. The van der Waals surface area contributed by atoms with Gasteiger partial charge in [0.25, 0.3) is 0 Å². The van der Waals surface area contributed by atoms with Gasteiger partial charge in [0.2, 0.25) is 5.91 Å². The topological polar surface area (TPSA) is 81.9 Å². The molecule has 2 aromatic heterocycles. The van der Waals surface area contributed by atoms with Crippen molar-refractivity contribution >= 4 is 34.1 Å². The van der Waals surface area contributed by atoms with Gasteiger partial charge in [-0.15, -0.1) is 21.5 Å². The van der Waals surface area contributed by atoms with Gasteiger partial charge in [-0.3, -0.25) is 9.36 Å². The van der Waals surface area contributed by atoms with Crippen LogP contribution in [-0.2, 0) is 4.79 Å². The Morgan fingerprint density at radius 3 is 2.61 bits per heavy atom. The third-order valence-corrected chi connectivity index (χ3v) is 6.73. The minimum atomic E-state index is -0.471. The number of ether oxygens (including phenoxy) is 1. The highest BCUT2D eigenvalue weighted by Gasteiger charge is 2.26. The lowest BCUT2D eigenvalue weighted by atomic mass is 10.3. The van der Waals surface area contributed by atoms with E-state index in [9.17, 15) is 9.18 Å². The quantitative estimate of drug-likeness (QED) is 0.316. The van der Waals surface area contributed by atoms with Crippen LogP contribution < -0.4 is 10.1 Å². The van der Waals surface area contributed by atoms with Crippen molar-refractivity contribution < 1.29 is 13.9 Å². The molecular formula is C23H22FN5O2S2. The van der Waals surface area contributed by atoms with Gasteiger partial charge in [0.05, 0.1) is 5.25 Å². The van der Waals surface area contributed by atoms with Gasteiger partial charge < -0.3 is 10.1 Å². The number of carbonyl (C=O) groups is 1. The number of aromatic nitrogens is 4. The molecule has 170 valence electrons. The van der Waals surface area contributed by atoms with Gasteiger partial charge in [-0.05, 0) is 49.7 Å². The van der Waals surface area contributed by atoms with Crippen molar-refractivity contribution in [1.29, 1.82) is 0 Å². The van der Waals surface area contributed by atoms with Gasteiger partial charge in [-0.1, -0.05) is 36.9 Å². The highest BCUT2D eigenvalue weighted by molar-refractivity contribution is 8.00. The van der Waals surface area contributed by atoms with E-state index < -0.39 is 6.10 Å². The molecule has 1 N–H and O–H groups in total. The highest BCUT2D eigenvalue weighted by atomic mass is 32.2. The second-order valence-corrected chi connectivity index (χ2v) is 9.13. The van der Waals surface area contributed by atoms with E-state index in [1.54, 1.807) is 18.3 Å². The third kappa shape index (κ3) is 5.58. The number of thiazole rings is 1. The van der Waals surface area contributed by atoms with E-state index in [1.807, 2.05) is 54.1 Å². The zero-order chi connectivity index (χ0) is 23.2. The molecule has 0 radical (unpaired) electrons. The first-order valence-electron chi connectivity index (χ1n) is 10.3. The van der Waals surface area contributed by atoms with E-state index in [2.05, 4.69) is 20.5 Å². The number of nitrogens with one attached hydrogen (secondary N) is 1. The van der Waals surface area contributed by atoms with Gasteiger partial charge in [-0.2, -0.15) is 0 Å². The molecule has 4 rings (SSSR count). The molecule has 0 saturated heterocycles. The number of amides is 1. The van der Waals surface area contributed by atoms with Crippen LogP contribution in [-0.4, -0.2) is 30.9 Å². The van der Waals surface area contributed by atoms with Gasteiger partial charge >= 0.3 is 0 Å². The number of thioether (sulfide) groups is 1. The summed E-state index contributed by atoms with van der Waals surface area (Å²) in [7, 11) is 0. The molecule has 7 nitrogen and oxygen atoms in total. The van der Waals surface area contributed by atoms with Crippen LogP contribution in [0.1, 0.15) is 32.2 Å². The molecule has 33 heavy (non-hydrogen) atoms. The monoisotopic (exact) mass is 483 g/mol. The molecule has 0 fully saturated rings. The first-order chi connectivity index (χ1) is 16.0. The molecule has 2 atom stereocenters. The van der Waals surface area contributed by atoms with Crippen LogP contribution in [0.25, 0.3) is 5.69 Å². The summed E-state index contributed by atoms with van der Waals surface area (Å²) in [5.74, 6) is 0.623. The summed E-state index contributed by atoms with van der Waals surface area (Å²) in [5, 5.41) is 14.2. The Hall–Kier alpha value is -3.24. The molecule has 2 aromatic carbocycles. The fourth-order valence-electron chi connectivity index (χ4n) is 3.13. The van der Waals surface area contributed by atoms with Crippen LogP contribution >= 0.6 is 23.1 Å². The number of halogens is 1. The van der Waals surface area contributed by atoms with Gasteiger partial charge in [0.1, 0.15) is 11.6 Å². The number of hydrogen-bond acceptors (Lipinski definition) is 7. The van der Waals surface area contributed by atoms with Crippen LogP contribution in [0.4, 0.5) is 9.52 Å².